The molecule has 5 rings (SSSR count). The number of fused-ring (bicyclic) bond motifs is 5. The van der Waals surface area contributed by atoms with Gasteiger partial charge in [-0.15, -0.1) is 0 Å². The van der Waals surface area contributed by atoms with Crippen molar-refractivity contribution in [1.82, 2.24) is 9.78 Å². The lowest BCUT2D eigenvalue weighted by Crippen LogP contribution is -2.52. The predicted molar refractivity (Wildman–Crippen MR) is 108 cm³/mol. The van der Waals surface area contributed by atoms with Gasteiger partial charge in [0.1, 0.15) is 0 Å². The molecule has 1 heterocycles. The van der Waals surface area contributed by atoms with Crippen LogP contribution in [-0.2, 0) is 11.8 Å². The molecular weight excluding hydrogens is 332 g/mol. The minimum absolute atomic E-state index is 0.118. The van der Waals surface area contributed by atoms with Crippen molar-refractivity contribution in [2.24, 2.45) is 41.5 Å². The molecular formula is C24H34N2O. The highest BCUT2D eigenvalue weighted by atomic mass is 16.1. The van der Waals surface area contributed by atoms with E-state index < -0.39 is 0 Å². The number of carbonyl (C=O) groups excluding carboxylic acids is 1. The van der Waals surface area contributed by atoms with Gasteiger partial charge in [0.15, 0.2) is 5.78 Å². The average molecular weight is 367 g/mol. The number of carbonyl (C=O) groups is 1. The van der Waals surface area contributed by atoms with Crippen LogP contribution in [0.5, 0.6) is 0 Å². The molecule has 4 aliphatic carbocycles. The largest absolute Gasteiger partial charge is 0.294 e. The number of hydrogen-bond donors (Lipinski definition) is 0. The predicted octanol–water partition coefficient (Wildman–Crippen LogP) is 5.42. The minimum Gasteiger partial charge on any atom is -0.294 e. The van der Waals surface area contributed by atoms with Crippen LogP contribution in [0.2, 0.25) is 0 Å². The van der Waals surface area contributed by atoms with Crippen molar-refractivity contribution >= 4 is 11.9 Å². The Labute approximate surface area is 163 Å². The zero-order valence-electron chi connectivity index (χ0n) is 17.2. The van der Waals surface area contributed by atoms with Crippen LogP contribution in [0, 0.1) is 34.5 Å². The van der Waals surface area contributed by atoms with Crippen LogP contribution >= 0.6 is 0 Å². The van der Waals surface area contributed by atoms with Crippen LogP contribution in [0.15, 0.2) is 18.0 Å². The summed E-state index contributed by atoms with van der Waals surface area (Å²) in [5.74, 6) is 3.54. The molecule has 0 saturated heterocycles. The first-order valence-electron chi connectivity index (χ1n) is 11.2. The second-order valence-electron chi connectivity index (χ2n) is 10.5. The van der Waals surface area contributed by atoms with E-state index in [-0.39, 0.29) is 5.41 Å². The third-order valence-electron chi connectivity index (χ3n) is 9.29. The first-order valence-corrected chi connectivity index (χ1v) is 11.2. The molecule has 0 spiro atoms. The maximum absolute atomic E-state index is 13.4. The van der Waals surface area contributed by atoms with E-state index in [0.29, 0.717) is 17.1 Å². The van der Waals surface area contributed by atoms with Crippen LogP contribution in [0.1, 0.15) is 77.2 Å². The third-order valence-corrected chi connectivity index (χ3v) is 9.29. The molecule has 0 amide bonds. The fraction of sp³-hybridized carbons (Fsp3) is 0.750. The summed E-state index contributed by atoms with van der Waals surface area (Å²) in [4.78, 5) is 13.4. The summed E-state index contributed by atoms with van der Waals surface area (Å²) in [6.45, 7) is 4.90. The van der Waals surface area contributed by atoms with Crippen molar-refractivity contribution in [1.29, 1.82) is 0 Å². The lowest BCUT2D eigenvalue weighted by molar-refractivity contribution is -0.137. The number of Topliss-reactive ketones (excluding diaryl/α,β-unsaturated/α-hetero) is 1. The van der Waals surface area contributed by atoms with Crippen LogP contribution in [0.3, 0.4) is 0 Å². The van der Waals surface area contributed by atoms with Crippen LogP contribution in [0.25, 0.3) is 6.08 Å². The molecule has 146 valence electrons. The van der Waals surface area contributed by atoms with Gasteiger partial charge in [-0.1, -0.05) is 26.7 Å². The van der Waals surface area contributed by atoms with E-state index in [9.17, 15) is 4.79 Å². The number of allylic oxidation sites excluding steroid dienone is 1. The lowest BCUT2D eigenvalue weighted by atomic mass is 9.45. The summed E-state index contributed by atoms with van der Waals surface area (Å²) in [7, 11) is 1.94. The van der Waals surface area contributed by atoms with E-state index in [1.165, 1.54) is 44.9 Å². The number of hydrogen-bond acceptors (Lipinski definition) is 2. The van der Waals surface area contributed by atoms with Gasteiger partial charge in [-0.3, -0.25) is 9.48 Å². The van der Waals surface area contributed by atoms with E-state index in [1.807, 2.05) is 24.1 Å². The molecule has 1 aromatic rings. The van der Waals surface area contributed by atoms with Crippen molar-refractivity contribution in [2.45, 2.75) is 71.6 Å². The molecule has 4 saturated carbocycles. The second-order valence-corrected chi connectivity index (χ2v) is 10.5. The molecule has 6 unspecified atom stereocenters. The topological polar surface area (TPSA) is 34.9 Å². The quantitative estimate of drug-likeness (QED) is 0.622. The van der Waals surface area contributed by atoms with E-state index >= 15 is 0 Å². The van der Waals surface area contributed by atoms with Crippen molar-refractivity contribution in [3.05, 3.63) is 23.5 Å². The highest BCUT2D eigenvalue weighted by Gasteiger charge is 2.60. The lowest BCUT2D eigenvalue weighted by Gasteiger charge is -2.59. The summed E-state index contributed by atoms with van der Waals surface area (Å²) in [5, 5.41) is 4.27. The van der Waals surface area contributed by atoms with Crippen molar-refractivity contribution < 1.29 is 4.79 Å². The Morgan fingerprint density at radius 1 is 1.11 bits per heavy atom. The van der Waals surface area contributed by atoms with Crippen molar-refractivity contribution in [2.75, 3.05) is 0 Å². The first kappa shape index (κ1) is 17.7. The smallest absolute Gasteiger partial charge is 0.165 e. The Morgan fingerprint density at radius 2 is 1.96 bits per heavy atom. The molecule has 3 nitrogen and oxygen atoms in total. The molecule has 4 fully saturated rings. The molecule has 1 aromatic heterocycles. The summed E-state index contributed by atoms with van der Waals surface area (Å²) in [5.41, 5.74) is 2.56. The SMILES string of the molecule is Cn1cc(/C=C2\CC3C4CCC5CCCCC5(C)C4CCC3(C)C2=O)cn1. The number of nitrogens with zero attached hydrogens (tertiary/aromatic N) is 2. The Balaban J connectivity index is 1.46. The monoisotopic (exact) mass is 366 g/mol. The van der Waals surface area contributed by atoms with E-state index in [0.717, 1.165) is 41.7 Å². The van der Waals surface area contributed by atoms with Gasteiger partial charge in [-0.2, -0.15) is 5.10 Å². The zero-order valence-corrected chi connectivity index (χ0v) is 17.2. The third kappa shape index (κ3) is 2.53. The van der Waals surface area contributed by atoms with Crippen LogP contribution < -0.4 is 0 Å². The Morgan fingerprint density at radius 3 is 2.74 bits per heavy atom. The van der Waals surface area contributed by atoms with Crippen LogP contribution in [0.4, 0.5) is 0 Å². The molecule has 0 bridgehead atoms. The van der Waals surface area contributed by atoms with Gasteiger partial charge >= 0.3 is 0 Å². The Hall–Kier alpha value is -1.38. The van der Waals surface area contributed by atoms with E-state index in [1.54, 1.807) is 0 Å². The summed E-state index contributed by atoms with van der Waals surface area (Å²) >= 11 is 0. The Bertz CT molecular complexity index is 792. The van der Waals surface area contributed by atoms with Gasteiger partial charge < -0.3 is 0 Å². The highest BCUT2D eigenvalue weighted by molar-refractivity contribution is 6.05. The van der Waals surface area contributed by atoms with Crippen molar-refractivity contribution in [3.63, 3.8) is 0 Å². The molecule has 0 aromatic carbocycles. The molecule has 0 radical (unpaired) electrons. The zero-order chi connectivity index (χ0) is 18.8. The number of ketones is 1. The molecule has 0 N–H and O–H groups in total. The average Bonchev–Trinajstić information content (AvgIpc) is 3.16. The van der Waals surface area contributed by atoms with Crippen molar-refractivity contribution in [3.8, 4) is 0 Å². The first-order chi connectivity index (χ1) is 12.9. The number of aromatic nitrogens is 2. The Kier molecular flexibility index (Phi) is 3.97. The van der Waals surface area contributed by atoms with Gasteiger partial charge in [-0.05, 0) is 85.7 Å². The molecule has 4 aliphatic rings. The summed E-state index contributed by atoms with van der Waals surface area (Å²) in [6.07, 6.45) is 17.9. The number of rotatable bonds is 1. The minimum atomic E-state index is -0.118. The van der Waals surface area contributed by atoms with Gasteiger partial charge in [0.05, 0.1) is 6.20 Å². The summed E-state index contributed by atoms with van der Waals surface area (Å²) < 4.78 is 1.82. The standard InChI is InChI=1S/C24H34N2O/c1-23-10-5-4-6-18(23)7-8-19-20(23)9-11-24(2)21(19)13-17(22(24)27)12-16-14-25-26(3)15-16/h12,14-15,18-21H,4-11,13H2,1-3H3/b17-12+. The maximum Gasteiger partial charge on any atom is 0.165 e. The van der Waals surface area contributed by atoms with E-state index in [4.69, 9.17) is 0 Å². The molecule has 3 heteroatoms. The van der Waals surface area contributed by atoms with Gasteiger partial charge in [0, 0.05) is 24.2 Å². The van der Waals surface area contributed by atoms with E-state index in [2.05, 4.69) is 25.0 Å². The van der Waals surface area contributed by atoms with Gasteiger partial charge in [-0.25, -0.2) is 0 Å². The second kappa shape index (κ2) is 6.06. The fourth-order valence-electron chi connectivity index (χ4n) is 7.81. The molecule has 0 aliphatic heterocycles. The fourth-order valence-corrected chi connectivity index (χ4v) is 7.81. The van der Waals surface area contributed by atoms with Gasteiger partial charge in [0.25, 0.3) is 0 Å². The van der Waals surface area contributed by atoms with Crippen LogP contribution in [-0.4, -0.2) is 15.6 Å². The maximum atomic E-state index is 13.4. The summed E-state index contributed by atoms with van der Waals surface area (Å²) in [6, 6.07) is 0. The molecule has 27 heavy (non-hydrogen) atoms. The highest BCUT2D eigenvalue weighted by Crippen LogP contribution is 2.66. The normalized spacial score (nSPS) is 45.4. The van der Waals surface area contributed by atoms with Gasteiger partial charge in [0.2, 0.25) is 0 Å². The molecule has 6 atom stereocenters. The number of aryl methyl sites for hydroxylation is 1.